The molecule has 36 heavy (non-hydrogen) atoms. The largest absolute Gasteiger partial charge is 0.355 e. The van der Waals surface area contributed by atoms with Crippen LogP contribution in [0.15, 0.2) is 54.7 Å². The topological polar surface area (TPSA) is 60.8 Å². The maximum atomic E-state index is 13.8. The summed E-state index contributed by atoms with van der Waals surface area (Å²) in [5.41, 5.74) is 3.53. The minimum absolute atomic E-state index is 0.0180. The van der Waals surface area contributed by atoms with Gasteiger partial charge in [-0.3, -0.25) is 9.59 Å². The Hall–Kier alpha value is -3.16. The van der Waals surface area contributed by atoms with Gasteiger partial charge >= 0.3 is 0 Å². The van der Waals surface area contributed by atoms with E-state index in [0.29, 0.717) is 12.1 Å². The summed E-state index contributed by atoms with van der Waals surface area (Å²) < 4.78 is 2.08. The van der Waals surface area contributed by atoms with E-state index in [1.807, 2.05) is 50.5 Å². The lowest BCUT2D eigenvalue weighted by Gasteiger charge is -2.39. The Morgan fingerprint density at radius 1 is 0.944 bits per heavy atom. The third kappa shape index (κ3) is 4.53. The van der Waals surface area contributed by atoms with Crippen LogP contribution in [0.2, 0.25) is 0 Å². The molecule has 2 aromatic carbocycles. The maximum Gasteiger partial charge on any atom is 0.254 e. The van der Waals surface area contributed by atoms with Gasteiger partial charge in [-0.05, 0) is 37.2 Å². The fourth-order valence-corrected chi connectivity index (χ4v) is 5.91. The van der Waals surface area contributed by atoms with Crippen molar-refractivity contribution in [3.05, 3.63) is 71.4 Å². The normalized spacial score (nSPS) is 21.1. The molecule has 2 unspecified atom stereocenters. The molecule has 3 heterocycles. The first-order valence-corrected chi connectivity index (χ1v) is 13.1. The van der Waals surface area contributed by atoms with E-state index in [2.05, 4.69) is 44.9 Å². The van der Waals surface area contributed by atoms with Crippen LogP contribution in [0.3, 0.4) is 0 Å². The number of benzene rings is 2. The van der Waals surface area contributed by atoms with Crippen molar-refractivity contribution in [3.63, 3.8) is 0 Å². The molecule has 5 rings (SSSR count). The molecule has 2 amide bonds. The standard InChI is InChI=1S/C29H37N5O2/c1-4-33-16-18-34(19-17-33)15-9-14-30-28(35)26-22-11-5-6-12-23(22)29(36)32(3)27(26)24-20-31(2)25-13-8-7-10-21(24)25/h5-8,10-13,20,26-27H,4,9,14-19H2,1-3H3,(H,30,35). The van der Waals surface area contributed by atoms with Crippen molar-refractivity contribution in [2.75, 3.05) is 52.9 Å². The second kappa shape index (κ2) is 10.4. The molecule has 2 aliphatic heterocycles. The lowest BCUT2D eigenvalue weighted by atomic mass is 9.79. The fraction of sp³-hybridized carbons (Fsp3) is 0.448. The predicted octanol–water partition coefficient (Wildman–Crippen LogP) is 3.23. The van der Waals surface area contributed by atoms with Gasteiger partial charge in [-0.1, -0.05) is 43.3 Å². The molecular weight excluding hydrogens is 450 g/mol. The van der Waals surface area contributed by atoms with Crippen LogP contribution < -0.4 is 5.32 Å². The van der Waals surface area contributed by atoms with E-state index in [1.165, 1.54) is 0 Å². The number of carbonyl (C=O) groups excluding carboxylic acids is 2. The number of fused-ring (bicyclic) bond motifs is 2. The first-order valence-electron chi connectivity index (χ1n) is 13.1. The summed E-state index contributed by atoms with van der Waals surface area (Å²) in [6.45, 7) is 9.37. The first-order chi connectivity index (χ1) is 17.5. The summed E-state index contributed by atoms with van der Waals surface area (Å²) in [5.74, 6) is -0.530. The molecule has 7 nitrogen and oxygen atoms in total. The molecule has 2 aliphatic rings. The van der Waals surface area contributed by atoms with Crippen LogP contribution in [0.5, 0.6) is 0 Å². The molecule has 2 atom stereocenters. The smallest absolute Gasteiger partial charge is 0.254 e. The van der Waals surface area contributed by atoms with Crippen molar-refractivity contribution in [1.82, 2.24) is 24.6 Å². The van der Waals surface area contributed by atoms with Crippen LogP contribution in [0.1, 0.15) is 46.8 Å². The second-order valence-electron chi connectivity index (χ2n) is 10.1. The van der Waals surface area contributed by atoms with Crippen LogP contribution in [-0.2, 0) is 11.8 Å². The SMILES string of the molecule is CCN1CCN(CCCNC(=O)C2c3ccccc3C(=O)N(C)C2c2cn(C)c3ccccc23)CC1. The van der Waals surface area contributed by atoms with Gasteiger partial charge in [0, 0.05) is 75.0 Å². The summed E-state index contributed by atoms with van der Waals surface area (Å²) in [6.07, 6.45) is 2.99. The van der Waals surface area contributed by atoms with Crippen molar-refractivity contribution in [2.24, 2.45) is 7.05 Å². The molecule has 0 saturated carbocycles. The van der Waals surface area contributed by atoms with Crippen LogP contribution in [0, 0.1) is 0 Å². The van der Waals surface area contributed by atoms with Crippen LogP contribution in [0.4, 0.5) is 0 Å². The number of nitrogens with zero attached hydrogens (tertiary/aromatic N) is 4. The van der Waals surface area contributed by atoms with Crippen molar-refractivity contribution < 1.29 is 9.59 Å². The van der Waals surface area contributed by atoms with E-state index < -0.39 is 5.92 Å². The Bertz CT molecular complexity index is 1240. The van der Waals surface area contributed by atoms with Crippen molar-refractivity contribution >= 4 is 22.7 Å². The van der Waals surface area contributed by atoms with Gasteiger partial charge in [0.05, 0.1) is 12.0 Å². The average molecular weight is 488 g/mol. The molecule has 190 valence electrons. The zero-order valence-electron chi connectivity index (χ0n) is 21.6. The number of aromatic nitrogens is 1. The van der Waals surface area contributed by atoms with Gasteiger partial charge in [-0.25, -0.2) is 0 Å². The number of para-hydroxylation sites is 1. The van der Waals surface area contributed by atoms with E-state index >= 15 is 0 Å². The first kappa shape index (κ1) is 24.5. The lowest BCUT2D eigenvalue weighted by molar-refractivity contribution is -0.124. The lowest BCUT2D eigenvalue weighted by Crippen LogP contribution is -2.47. The van der Waals surface area contributed by atoms with Crippen molar-refractivity contribution in [1.29, 1.82) is 0 Å². The van der Waals surface area contributed by atoms with E-state index in [9.17, 15) is 9.59 Å². The number of likely N-dealkylation sites (N-methyl/N-ethyl adjacent to an activating group) is 2. The molecular formula is C29H37N5O2. The van der Waals surface area contributed by atoms with E-state index in [-0.39, 0.29) is 17.9 Å². The number of nitrogens with one attached hydrogen (secondary N) is 1. The average Bonchev–Trinajstić information content (AvgIpc) is 3.24. The van der Waals surface area contributed by atoms with Gasteiger partial charge in [0.15, 0.2) is 0 Å². The minimum Gasteiger partial charge on any atom is -0.355 e. The third-order valence-electron chi connectivity index (χ3n) is 7.97. The number of rotatable bonds is 7. The Kier molecular flexibility index (Phi) is 7.12. The molecule has 0 radical (unpaired) electrons. The molecule has 0 aliphatic carbocycles. The van der Waals surface area contributed by atoms with Crippen molar-refractivity contribution in [2.45, 2.75) is 25.3 Å². The molecule has 0 spiro atoms. The molecule has 3 aromatic rings. The molecule has 1 fully saturated rings. The fourth-order valence-electron chi connectivity index (χ4n) is 5.91. The Labute approximate surface area is 213 Å². The molecule has 0 bridgehead atoms. The van der Waals surface area contributed by atoms with Crippen LogP contribution in [-0.4, -0.2) is 83.9 Å². The summed E-state index contributed by atoms with van der Waals surface area (Å²) in [4.78, 5) is 33.9. The number of piperazine rings is 1. The number of carbonyl (C=O) groups is 2. The Morgan fingerprint density at radius 2 is 1.64 bits per heavy atom. The number of hydrogen-bond donors (Lipinski definition) is 1. The van der Waals surface area contributed by atoms with Gasteiger partial charge in [0.2, 0.25) is 5.91 Å². The third-order valence-corrected chi connectivity index (χ3v) is 7.97. The molecule has 7 heteroatoms. The highest BCUT2D eigenvalue weighted by Gasteiger charge is 2.43. The van der Waals surface area contributed by atoms with Gasteiger partial charge < -0.3 is 24.6 Å². The van der Waals surface area contributed by atoms with Gasteiger partial charge in [0.1, 0.15) is 0 Å². The number of amides is 2. The monoisotopic (exact) mass is 487 g/mol. The van der Waals surface area contributed by atoms with Gasteiger partial charge in [-0.15, -0.1) is 0 Å². The second-order valence-corrected chi connectivity index (χ2v) is 10.1. The number of aryl methyl sites for hydroxylation is 1. The highest BCUT2D eigenvalue weighted by atomic mass is 16.2. The van der Waals surface area contributed by atoms with Crippen LogP contribution in [0.25, 0.3) is 10.9 Å². The van der Waals surface area contributed by atoms with Crippen LogP contribution >= 0.6 is 0 Å². The van der Waals surface area contributed by atoms with Gasteiger partial charge in [0.25, 0.3) is 5.91 Å². The highest BCUT2D eigenvalue weighted by molar-refractivity contribution is 6.02. The summed E-state index contributed by atoms with van der Waals surface area (Å²) in [5, 5.41) is 4.30. The zero-order chi connectivity index (χ0) is 25.2. The van der Waals surface area contributed by atoms with E-state index in [4.69, 9.17) is 0 Å². The molecule has 1 saturated heterocycles. The molecule has 1 N–H and O–H groups in total. The highest BCUT2D eigenvalue weighted by Crippen LogP contribution is 2.44. The maximum absolute atomic E-state index is 13.8. The Balaban J connectivity index is 1.37. The number of hydrogen-bond acceptors (Lipinski definition) is 4. The molecule has 1 aromatic heterocycles. The van der Waals surface area contributed by atoms with E-state index in [0.717, 1.165) is 67.7 Å². The quantitative estimate of drug-likeness (QED) is 0.520. The Morgan fingerprint density at radius 3 is 2.42 bits per heavy atom. The predicted molar refractivity (Wildman–Crippen MR) is 143 cm³/mol. The van der Waals surface area contributed by atoms with Crippen molar-refractivity contribution in [3.8, 4) is 0 Å². The zero-order valence-corrected chi connectivity index (χ0v) is 21.6. The van der Waals surface area contributed by atoms with Gasteiger partial charge in [-0.2, -0.15) is 0 Å². The minimum atomic E-state index is -0.470. The summed E-state index contributed by atoms with van der Waals surface area (Å²) >= 11 is 0. The summed E-state index contributed by atoms with van der Waals surface area (Å²) in [6, 6.07) is 15.4. The summed E-state index contributed by atoms with van der Waals surface area (Å²) in [7, 11) is 3.83. The van der Waals surface area contributed by atoms with E-state index in [1.54, 1.807) is 4.90 Å².